The molecule has 0 bridgehead atoms. The van der Waals surface area contributed by atoms with E-state index in [2.05, 4.69) is 40.6 Å². The van der Waals surface area contributed by atoms with Gasteiger partial charge in [-0.15, -0.1) is 0 Å². The van der Waals surface area contributed by atoms with Gasteiger partial charge in [-0.3, -0.25) is 14.6 Å². The molecule has 1 aliphatic heterocycles. The fourth-order valence-corrected chi connectivity index (χ4v) is 7.31. The van der Waals surface area contributed by atoms with Gasteiger partial charge in [0.2, 0.25) is 5.95 Å². The number of anilines is 5. The van der Waals surface area contributed by atoms with E-state index in [1.165, 1.54) is 6.20 Å². The van der Waals surface area contributed by atoms with Crippen molar-refractivity contribution in [1.29, 1.82) is 0 Å². The van der Waals surface area contributed by atoms with E-state index in [-0.39, 0.29) is 17.1 Å². The van der Waals surface area contributed by atoms with E-state index in [1.807, 2.05) is 52.2 Å². The molecule has 1 saturated heterocycles. The molecule has 4 heterocycles. The Balaban J connectivity index is 1.32. The SMILES string of the molecule is COc1cc(N2CCN(C(=O)OC(C)(C)C)CC2)c(-c2cnn(C)c2)cc1Nc1ncc(Cl)c(Nc2ccc3nccnc3c2P(C)(C)=O)n1. The number of ether oxygens (including phenoxy) is 2. The normalized spacial score (nSPS) is 13.8. The van der Waals surface area contributed by atoms with Crippen molar-refractivity contribution in [2.45, 2.75) is 26.4 Å². The Morgan fingerprint density at radius 2 is 1.72 bits per heavy atom. The number of carbonyl (C=O) groups excluding carboxylic acids is 1. The van der Waals surface area contributed by atoms with Gasteiger partial charge in [0.05, 0.1) is 41.7 Å². The molecule has 16 heteroatoms. The summed E-state index contributed by atoms with van der Waals surface area (Å²) >= 11 is 6.58. The highest BCUT2D eigenvalue weighted by atomic mass is 35.5. The van der Waals surface area contributed by atoms with E-state index >= 15 is 0 Å². The molecular weight excluding hydrogens is 679 g/mol. The van der Waals surface area contributed by atoms with Crippen molar-refractivity contribution in [2.24, 2.45) is 7.05 Å². The van der Waals surface area contributed by atoms with E-state index < -0.39 is 12.7 Å². The van der Waals surface area contributed by atoms with Crippen molar-refractivity contribution in [3.8, 4) is 16.9 Å². The summed E-state index contributed by atoms with van der Waals surface area (Å²) in [6, 6.07) is 7.54. The molecule has 50 heavy (non-hydrogen) atoms. The number of aromatic nitrogens is 6. The number of fused-ring (bicyclic) bond motifs is 1. The molecule has 2 aromatic carbocycles. The summed E-state index contributed by atoms with van der Waals surface area (Å²) < 4.78 is 26.7. The summed E-state index contributed by atoms with van der Waals surface area (Å²) in [5.41, 5.74) is 4.53. The molecule has 0 radical (unpaired) electrons. The predicted octanol–water partition coefficient (Wildman–Crippen LogP) is 6.27. The molecule has 5 aromatic rings. The predicted molar refractivity (Wildman–Crippen MR) is 197 cm³/mol. The summed E-state index contributed by atoms with van der Waals surface area (Å²) in [4.78, 5) is 34.7. The van der Waals surface area contributed by atoms with Crippen LogP contribution in [0.4, 0.5) is 33.6 Å². The second-order valence-corrected chi connectivity index (χ2v) is 16.9. The zero-order chi connectivity index (χ0) is 35.8. The van der Waals surface area contributed by atoms with Gasteiger partial charge in [-0.2, -0.15) is 10.1 Å². The first kappa shape index (κ1) is 34.9. The molecule has 3 aromatic heterocycles. The standard InChI is InChI=1S/C34H40ClN10O4P/c1-34(2,3)49-33(46)45-14-12-44(13-15-45)27-17-28(48-5)26(16-22(27)21-18-39-43(4)20-21)41-32-38-19-23(35)31(42-32)40-25-9-8-24-29(37-11-10-36-24)30(25)50(6,7)47/h8-11,16-20H,12-15H2,1-7H3,(H2,38,40,41,42). The van der Waals surface area contributed by atoms with Crippen LogP contribution in [0.2, 0.25) is 5.02 Å². The average molecular weight is 719 g/mol. The van der Waals surface area contributed by atoms with Crippen molar-refractivity contribution in [2.75, 3.05) is 62.2 Å². The Kier molecular flexibility index (Phi) is 9.60. The zero-order valence-electron chi connectivity index (χ0n) is 29.1. The molecule has 262 valence electrons. The molecule has 0 unspecified atom stereocenters. The highest BCUT2D eigenvalue weighted by Crippen LogP contribution is 2.43. The number of benzene rings is 2. The van der Waals surface area contributed by atoms with Gasteiger partial charge < -0.3 is 34.5 Å². The minimum Gasteiger partial charge on any atom is -0.494 e. The van der Waals surface area contributed by atoms with Gasteiger partial charge in [0.1, 0.15) is 29.0 Å². The van der Waals surface area contributed by atoms with Gasteiger partial charge in [-0.25, -0.2) is 9.78 Å². The van der Waals surface area contributed by atoms with Crippen LogP contribution in [0.1, 0.15) is 20.8 Å². The lowest BCUT2D eigenvalue weighted by atomic mass is 10.0. The van der Waals surface area contributed by atoms with Crippen molar-refractivity contribution in [1.82, 2.24) is 34.6 Å². The Morgan fingerprint density at radius 3 is 2.38 bits per heavy atom. The molecule has 1 fully saturated rings. The number of aryl methyl sites for hydroxylation is 1. The molecule has 14 nitrogen and oxygen atoms in total. The monoisotopic (exact) mass is 718 g/mol. The minimum atomic E-state index is -2.82. The fraction of sp³-hybridized carbons (Fsp3) is 0.353. The average Bonchev–Trinajstić information content (AvgIpc) is 3.50. The third-order valence-electron chi connectivity index (χ3n) is 8.00. The second-order valence-electron chi connectivity index (χ2n) is 13.3. The van der Waals surface area contributed by atoms with Crippen LogP contribution in [0.3, 0.4) is 0 Å². The molecule has 6 rings (SSSR count). The molecule has 2 N–H and O–H groups in total. The molecule has 0 aliphatic carbocycles. The van der Waals surface area contributed by atoms with Crippen LogP contribution in [0.5, 0.6) is 5.75 Å². The van der Waals surface area contributed by atoms with Gasteiger partial charge >= 0.3 is 6.09 Å². The third kappa shape index (κ3) is 7.61. The highest BCUT2D eigenvalue weighted by Gasteiger charge is 2.28. The maximum absolute atomic E-state index is 13.5. The van der Waals surface area contributed by atoms with Crippen LogP contribution in [0, 0.1) is 0 Å². The van der Waals surface area contributed by atoms with Crippen LogP contribution in [-0.2, 0) is 16.3 Å². The first-order valence-corrected chi connectivity index (χ1v) is 19.0. The Labute approximate surface area is 295 Å². The lowest BCUT2D eigenvalue weighted by Gasteiger charge is -2.37. The van der Waals surface area contributed by atoms with Crippen molar-refractivity contribution in [3.63, 3.8) is 0 Å². The van der Waals surface area contributed by atoms with E-state index in [4.69, 9.17) is 21.1 Å². The van der Waals surface area contributed by atoms with Crippen molar-refractivity contribution < 1.29 is 18.8 Å². The number of nitrogens with one attached hydrogen (secondary N) is 2. The molecule has 0 saturated carbocycles. The number of amides is 1. The van der Waals surface area contributed by atoms with Crippen LogP contribution in [0.25, 0.3) is 22.2 Å². The van der Waals surface area contributed by atoms with Crippen LogP contribution < -0.4 is 25.6 Å². The molecule has 0 atom stereocenters. The number of nitrogens with zero attached hydrogens (tertiary/aromatic N) is 8. The number of rotatable bonds is 8. The van der Waals surface area contributed by atoms with Gasteiger partial charge in [0, 0.05) is 74.7 Å². The topological polar surface area (TPSA) is 153 Å². The molecule has 1 aliphatic rings. The Morgan fingerprint density at radius 1 is 0.980 bits per heavy atom. The first-order chi connectivity index (χ1) is 23.7. The number of piperazine rings is 1. The van der Waals surface area contributed by atoms with Gasteiger partial charge in [0.25, 0.3) is 0 Å². The third-order valence-corrected chi connectivity index (χ3v) is 9.81. The summed E-state index contributed by atoms with van der Waals surface area (Å²) in [6.07, 6.45) is 8.10. The number of hydrogen-bond acceptors (Lipinski definition) is 12. The van der Waals surface area contributed by atoms with Crippen LogP contribution in [-0.4, -0.2) is 92.9 Å². The Hall–Kier alpha value is -4.94. The summed E-state index contributed by atoms with van der Waals surface area (Å²) in [5.74, 6) is 1.13. The van der Waals surface area contributed by atoms with Gasteiger partial charge in [-0.1, -0.05) is 11.6 Å². The number of hydrogen-bond donors (Lipinski definition) is 2. The summed E-state index contributed by atoms with van der Waals surface area (Å²) in [5, 5.41) is 11.8. The molecule has 0 spiro atoms. The van der Waals surface area contributed by atoms with Gasteiger partial charge in [0.15, 0.2) is 5.82 Å². The quantitative estimate of drug-likeness (QED) is 0.174. The fourth-order valence-electron chi connectivity index (χ4n) is 5.78. The first-order valence-electron chi connectivity index (χ1n) is 16.0. The Bertz CT molecular complexity index is 2100. The molecule has 1 amide bonds. The zero-order valence-corrected chi connectivity index (χ0v) is 30.7. The molecular formula is C34H40ClN10O4P. The lowest BCUT2D eigenvalue weighted by molar-refractivity contribution is 0.0240. The lowest BCUT2D eigenvalue weighted by Crippen LogP contribution is -2.50. The van der Waals surface area contributed by atoms with Gasteiger partial charge in [-0.05, 0) is 52.3 Å². The van der Waals surface area contributed by atoms with Crippen LogP contribution in [0.15, 0.2) is 55.2 Å². The van der Waals surface area contributed by atoms with Crippen molar-refractivity contribution >= 4 is 70.0 Å². The minimum absolute atomic E-state index is 0.254. The smallest absolute Gasteiger partial charge is 0.410 e. The maximum atomic E-state index is 13.5. The van der Waals surface area contributed by atoms with E-state index in [0.29, 0.717) is 65.5 Å². The number of halogens is 1. The number of carbonyl (C=O) groups is 1. The highest BCUT2D eigenvalue weighted by molar-refractivity contribution is 7.71. The summed E-state index contributed by atoms with van der Waals surface area (Å²) in [6.45, 7) is 11.2. The van der Waals surface area contributed by atoms with E-state index in [0.717, 1.165) is 16.8 Å². The maximum Gasteiger partial charge on any atom is 0.410 e. The number of methoxy groups -OCH3 is 1. The van der Waals surface area contributed by atoms with Crippen molar-refractivity contribution in [3.05, 3.63) is 60.3 Å². The van der Waals surface area contributed by atoms with Crippen LogP contribution >= 0.6 is 18.7 Å². The second kappa shape index (κ2) is 13.8. The van der Waals surface area contributed by atoms with E-state index in [9.17, 15) is 9.36 Å². The summed E-state index contributed by atoms with van der Waals surface area (Å²) in [7, 11) is 0.648. The largest absolute Gasteiger partial charge is 0.494 e. The van der Waals surface area contributed by atoms with E-state index in [1.54, 1.807) is 54.7 Å².